The van der Waals surface area contributed by atoms with Crippen LogP contribution >= 0.6 is 0 Å². The lowest BCUT2D eigenvalue weighted by molar-refractivity contribution is -0.0556. The first-order chi connectivity index (χ1) is 18.1. The molecule has 1 saturated heterocycles. The minimum Gasteiger partial charge on any atom is -0.493 e. The predicted molar refractivity (Wildman–Crippen MR) is 142 cm³/mol. The molecule has 0 unspecified atom stereocenters. The SMILES string of the molecule is COC[C@]1(COc2cc3c(N[C@H](C)c4cccc(C(F)(F)CO)c4)nc(C)nc3cc2OC)CCCN1C. The first-order valence-corrected chi connectivity index (χ1v) is 12.7. The van der Waals surface area contributed by atoms with Gasteiger partial charge >= 0.3 is 0 Å². The van der Waals surface area contributed by atoms with Gasteiger partial charge in [-0.2, -0.15) is 8.78 Å². The van der Waals surface area contributed by atoms with Gasteiger partial charge in [-0.15, -0.1) is 0 Å². The molecular weight excluding hydrogens is 494 g/mol. The number of aromatic nitrogens is 2. The summed E-state index contributed by atoms with van der Waals surface area (Å²) in [4.78, 5) is 11.5. The normalized spacial score (nSPS) is 19.1. The van der Waals surface area contributed by atoms with E-state index in [0.29, 0.717) is 47.4 Å². The molecule has 0 radical (unpaired) electrons. The Labute approximate surface area is 221 Å². The van der Waals surface area contributed by atoms with E-state index in [9.17, 15) is 8.78 Å². The first kappa shape index (κ1) is 27.9. The summed E-state index contributed by atoms with van der Waals surface area (Å²) in [6, 6.07) is 9.34. The number of ether oxygens (including phenoxy) is 3. The van der Waals surface area contributed by atoms with Crippen LogP contribution in [-0.4, -0.2) is 73.1 Å². The van der Waals surface area contributed by atoms with Crippen molar-refractivity contribution in [1.29, 1.82) is 0 Å². The minimum atomic E-state index is -3.32. The zero-order valence-electron chi connectivity index (χ0n) is 22.6. The highest BCUT2D eigenvalue weighted by atomic mass is 19.3. The van der Waals surface area contributed by atoms with E-state index in [0.717, 1.165) is 24.8 Å². The van der Waals surface area contributed by atoms with Crippen molar-refractivity contribution in [3.8, 4) is 11.5 Å². The van der Waals surface area contributed by atoms with Gasteiger partial charge in [0, 0.05) is 30.2 Å². The van der Waals surface area contributed by atoms with E-state index < -0.39 is 12.5 Å². The predicted octanol–water partition coefficient (Wildman–Crippen LogP) is 4.69. The second-order valence-corrected chi connectivity index (χ2v) is 9.96. The summed E-state index contributed by atoms with van der Waals surface area (Å²) < 4.78 is 45.7. The summed E-state index contributed by atoms with van der Waals surface area (Å²) in [5.41, 5.74) is 0.838. The summed E-state index contributed by atoms with van der Waals surface area (Å²) in [5, 5.41) is 13.2. The number of hydrogen-bond donors (Lipinski definition) is 2. The van der Waals surface area contributed by atoms with E-state index in [1.165, 1.54) is 12.1 Å². The molecule has 0 spiro atoms. The maximum absolute atomic E-state index is 14.1. The molecule has 2 N–H and O–H groups in total. The average Bonchev–Trinajstić information content (AvgIpc) is 3.26. The molecule has 2 atom stereocenters. The van der Waals surface area contributed by atoms with Gasteiger partial charge in [0.05, 0.1) is 24.8 Å². The van der Waals surface area contributed by atoms with Crippen molar-refractivity contribution in [3.05, 3.63) is 53.3 Å². The number of methoxy groups -OCH3 is 2. The fourth-order valence-electron chi connectivity index (χ4n) is 5.01. The third-order valence-corrected chi connectivity index (χ3v) is 7.31. The highest BCUT2D eigenvalue weighted by Crippen LogP contribution is 2.37. The van der Waals surface area contributed by atoms with Crippen molar-refractivity contribution in [2.45, 2.75) is 44.2 Å². The molecule has 8 nitrogen and oxygen atoms in total. The highest BCUT2D eigenvalue weighted by molar-refractivity contribution is 5.92. The molecule has 0 bridgehead atoms. The van der Waals surface area contributed by atoms with Gasteiger partial charge in [-0.05, 0) is 58.0 Å². The number of benzene rings is 2. The Kier molecular flexibility index (Phi) is 8.34. The number of fused-ring (bicyclic) bond motifs is 1. The minimum absolute atomic E-state index is 0.226. The molecule has 0 amide bonds. The molecule has 1 aliphatic heterocycles. The van der Waals surface area contributed by atoms with Crippen LogP contribution in [0.15, 0.2) is 36.4 Å². The van der Waals surface area contributed by atoms with Crippen molar-refractivity contribution in [2.24, 2.45) is 0 Å². The van der Waals surface area contributed by atoms with Crippen molar-refractivity contribution in [3.63, 3.8) is 0 Å². The van der Waals surface area contributed by atoms with Crippen LogP contribution in [0, 0.1) is 6.92 Å². The standard InChI is InChI=1S/C28H36F2N4O4/c1-18(20-8-6-9-21(12-20)28(29,30)15-35)31-26-22-13-25(24(37-5)14-23(22)32-19(2)33-26)38-17-27(16-36-4)10-7-11-34(27)3/h6,8-9,12-14,18,35H,7,10-11,15-17H2,1-5H3,(H,31,32,33)/t18-,27+/m1/s1. The molecule has 10 heteroatoms. The topological polar surface area (TPSA) is 89.0 Å². The van der Waals surface area contributed by atoms with Gasteiger partial charge in [0.1, 0.15) is 24.9 Å². The van der Waals surface area contributed by atoms with Gasteiger partial charge in [0.15, 0.2) is 11.5 Å². The van der Waals surface area contributed by atoms with Gasteiger partial charge in [0.2, 0.25) is 0 Å². The molecule has 2 aromatic carbocycles. The van der Waals surface area contributed by atoms with Crippen LogP contribution in [0.3, 0.4) is 0 Å². The lowest BCUT2D eigenvalue weighted by Gasteiger charge is -2.35. The number of rotatable bonds is 11. The van der Waals surface area contributed by atoms with Gasteiger partial charge in [-0.25, -0.2) is 9.97 Å². The van der Waals surface area contributed by atoms with Crippen LogP contribution in [0.5, 0.6) is 11.5 Å². The number of likely N-dealkylation sites (N-methyl/N-ethyl adjacent to an activating group) is 1. The maximum atomic E-state index is 14.1. The number of aliphatic hydroxyl groups is 1. The van der Waals surface area contributed by atoms with Gasteiger partial charge in [0.25, 0.3) is 5.92 Å². The van der Waals surface area contributed by atoms with Crippen LogP contribution in [0.1, 0.15) is 42.8 Å². The maximum Gasteiger partial charge on any atom is 0.295 e. The summed E-state index contributed by atoms with van der Waals surface area (Å²) in [6.45, 7) is 4.37. The molecule has 1 fully saturated rings. The number of nitrogens with zero attached hydrogens (tertiary/aromatic N) is 3. The zero-order chi connectivity index (χ0) is 27.5. The van der Waals surface area contributed by atoms with Crippen molar-refractivity contribution >= 4 is 16.7 Å². The first-order valence-electron chi connectivity index (χ1n) is 12.7. The van der Waals surface area contributed by atoms with Crippen LogP contribution < -0.4 is 14.8 Å². The largest absolute Gasteiger partial charge is 0.493 e. The Hall–Kier alpha value is -3.08. The van der Waals surface area contributed by atoms with Gasteiger partial charge in [-0.1, -0.05) is 18.2 Å². The number of anilines is 1. The number of halogens is 2. The fourth-order valence-corrected chi connectivity index (χ4v) is 5.01. The molecule has 1 aromatic heterocycles. The number of alkyl halides is 2. The Bertz CT molecular complexity index is 1280. The molecular formula is C28H36F2N4O4. The third-order valence-electron chi connectivity index (χ3n) is 7.31. The quantitative estimate of drug-likeness (QED) is 0.369. The van der Waals surface area contributed by atoms with Crippen LogP contribution in [0.4, 0.5) is 14.6 Å². The summed E-state index contributed by atoms with van der Waals surface area (Å²) in [5.74, 6) is -1.10. The van der Waals surface area contributed by atoms with Crippen molar-refractivity contribution in [1.82, 2.24) is 14.9 Å². The number of aliphatic hydroxyl groups excluding tert-OH is 1. The second-order valence-electron chi connectivity index (χ2n) is 9.96. The van der Waals surface area contributed by atoms with Crippen LogP contribution in [0.25, 0.3) is 10.9 Å². The summed E-state index contributed by atoms with van der Waals surface area (Å²) in [6.07, 6.45) is 2.04. The lowest BCUT2D eigenvalue weighted by atomic mass is 9.99. The number of hydrogen-bond acceptors (Lipinski definition) is 8. The number of aryl methyl sites for hydroxylation is 1. The Morgan fingerprint density at radius 2 is 1.95 bits per heavy atom. The molecule has 0 saturated carbocycles. The monoisotopic (exact) mass is 530 g/mol. The van der Waals surface area contributed by atoms with E-state index in [1.807, 2.05) is 19.1 Å². The average molecular weight is 531 g/mol. The third kappa shape index (κ3) is 5.67. The molecule has 3 aromatic rings. The van der Waals surface area contributed by atoms with Gasteiger partial charge < -0.3 is 24.6 Å². The Morgan fingerprint density at radius 1 is 1.16 bits per heavy atom. The van der Waals surface area contributed by atoms with Crippen LogP contribution in [0.2, 0.25) is 0 Å². The smallest absolute Gasteiger partial charge is 0.295 e. The lowest BCUT2D eigenvalue weighted by Crippen LogP contribution is -2.50. The molecule has 1 aliphatic rings. The molecule has 2 heterocycles. The highest BCUT2D eigenvalue weighted by Gasteiger charge is 2.40. The van der Waals surface area contributed by atoms with E-state index in [4.69, 9.17) is 19.3 Å². The molecule has 206 valence electrons. The second kappa shape index (κ2) is 11.3. The Balaban J connectivity index is 1.66. The zero-order valence-corrected chi connectivity index (χ0v) is 22.6. The molecule has 0 aliphatic carbocycles. The molecule has 38 heavy (non-hydrogen) atoms. The van der Waals surface area contributed by atoms with Crippen LogP contribution in [-0.2, 0) is 10.7 Å². The fraction of sp³-hybridized carbons (Fsp3) is 0.500. The number of nitrogens with one attached hydrogen (secondary N) is 1. The molecule has 4 rings (SSSR count). The summed E-state index contributed by atoms with van der Waals surface area (Å²) >= 11 is 0. The van der Waals surface area contributed by atoms with Gasteiger partial charge in [-0.3, -0.25) is 4.90 Å². The number of likely N-dealkylation sites (tertiary alicyclic amines) is 1. The van der Waals surface area contributed by atoms with E-state index in [1.54, 1.807) is 33.3 Å². The van der Waals surface area contributed by atoms with E-state index >= 15 is 0 Å². The van der Waals surface area contributed by atoms with Crippen molar-refractivity contribution < 1.29 is 28.1 Å². The van der Waals surface area contributed by atoms with E-state index in [-0.39, 0.29) is 17.1 Å². The Morgan fingerprint density at radius 3 is 2.61 bits per heavy atom. The van der Waals surface area contributed by atoms with Crippen molar-refractivity contribution in [2.75, 3.05) is 52.9 Å². The van der Waals surface area contributed by atoms with E-state index in [2.05, 4.69) is 27.2 Å². The summed E-state index contributed by atoms with van der Waals surface area (Å²) in [7, 11) is 5.37.